The Morgan fingerprint density at radius 1 is 1.07 bits per heavy atom. The standard InChI is InChI=1S/C20H22ClN3O3S/c21-18-6-4-16(5-7-18)15-27-13-12-22-10-11-24-28(25,26)20-3-1-2-17-14-23-9-8-19(17)20/h1-9,14,22,24H,10-13,15H2/p+1. The molecule has 3 N–H and O–H groups in total. The van der Waals surface area contributed by atoms with E-state index in [1.807, 2.05) is 35.6 Å². The average Bonchev–Trinajstić information content (AvgIpc) is 2.71. The number of hydrogen-bond acceptors (Lipinski definition) is 4. The first-order valence-corrected chi connectivity index (χ1v) is 10.9. The second-order valence-electron chi connectivity index (χ2n) is 6.30. The first kappa shape index (κ1) is 20.7. The SMILES string of the molecule is O=S(=O)(NCC[NH2+]CCOCc1ccc(Cl)cc1)c1cccc2cnccc12. The maximum absolute atomic E-state index is 12.6. The molecule has 0 atom stereocenters. The van der Waals surface area contributed by atoms with Gasteiger partial charge in [-0.1, -0.05) is 35.9 Å². The first-order valence-electron chi connectivity index (χ1n) is 9.02. The van der Waals surface area contributed by atoms with Crippen LogP contribution in [0.4, 0.5) is 0 Å². The van der Waals surface area contributed by atoms with Crippen molar-refractivity contribution in [3.63, 3.8) is 0 Å². The Bertz CT molecular complexity index is 1010. The number of nitrogens with zero attached hydrogens (tertiary/aromatic N) is 1. The molecule has 0 radical (unpaired) electrons. The van der Waals surface area contributed by atoms with Crippen molar-refractivity contribution in [2.45, 2.75) is 11.5 Å². The van der Waals surface area contributed by atoms with E-state index in [9.17, 15) is 8.42 Å². The van der Waals surface area contributed by atoms with Crippen molar-refractivity contribution in [1.29, 1.82) is 0 Å². The molecule has 0 saturated heterocycles. The Hall–Kier alpha value is -2.03. The van der Waals surface area contributed by atoms with E-state index in [2.05, 4.69) is 9.71 Å². The molecule has 0 amide bonds. The molecule has 1 heterocycles. The van der Waals surface area contributed by atoms with Gasteiger partial charge >= 0.3 is 0 Å². The molecule has 3 rings (SSSR count). The Morgan fingerprint density at radius 2 is 1.89 bits per heavy atom. The van der Waals surface area contributed by atoms with Crippen molar-refractivity contribution < 1.29 is 18.5 Å². The van der Waals surface area contributed by atoms with Gasteiger partial charge in [0.05, 0.1) is 37.7 Å². The Kier molecular flexibility index (Phi) is 7.36. The van der Waals surface area contributed by atoms with Gasteiger partial charge in [0, 0.05) is 28.2 Å². The highest BCUT2D eigenvalue weighted by Crippen LogP contribution is 2.21. The van der Waals surface area contributed by atoms with E-state index in [1.165, 1.54) is 0 Å². The number of pyridine rings is 1. The number of halogens is 1. The van der Waals surface area contributed by atoms with E-state index in [1.54, 1.807) is 30.6 Å². The average molecular weight is 421 g/mol. The lowest BCUT2D eigenvalue weighted by Gasteiger charge is -2.09. The molecule has 3 aromatic rings. The third kappa shape index (κ3) is 5.73. The molecule has 148 valence electrons. The number of nitrogens with two attached hydrogens (primary N) is 1. The monoisotopic (exact) mass is 420 g/mol. The highest BCUT2D eigenvalue weighted by atomic mass is 35.5. The highest BCUT2D eigenvalue weighted by Gasteiger charge is 2.16. The Balaban J connectivity index is 1.38. The summed E-state index contributed by atoms with van der Waals surface area (Å²) >= 11 is 5.85. The van der Waals surface area contributed by atoms with E-state index in [4.69, 9.17) is 16.3 Å². The summed E-state index contributed by atoms with van der Waals surface area (Å²) in [5.41, 5.74) is 1.07. The van der Waals surface area contributed by atoms with Crippen molar-refractivity contribution in [3.8, 4) is 0 Å². The summed E-state index contributed by atoms with van der Waals surface area (Å²) in [4.78, 5) is 4.31. The maximum atomic E-state index is 12.6. The van der Waals surface area contributed by atoms with Crippen LogP contribution in [0.1, 0.15) is 5.56 Å². The van der Waals surface area contributed by atoms with E-state index in [-0.39, 0.29) is 4.90 Å². The molecule has 0 saturated carbocycles. The van der Waals surface area contributed by atoms with Crippen molar-refractivity contribution in [3.05, 3.63) is 71.5 Å². The Labute approximate surface area is 169 Å². The number of benzene rings is 2. The van der Waals surface area contributed by atoms with Gasteiger partial charge in [-0.25, -0.2) is 13.1 Å². The van der Waals surface area contributed by atoms with Crippen LogP contribution in [0.2, 0.25) is 5.02 Å². The minimum atomic E-state index is -3.56. The highest BCUT2D eigenvalue weighted by molar-refractivity contribution is 7.89. The van der Waals surface area contributed by atoms with E-state index < -0.39 is 10.0 Å². The number of ether oxygens (including phenoxy) is 1. The molecular weight excluding hydrogens is 398 g/mol. The third-order valence-corrected chi connectivity index (χ3v) is 5.99. The van der Waals surface area contributed by atoms with Gasteiger partial charge < -0.3 is 10.1 Å². The minimum absolute atomic E-state index is 0.277. The van der Waals surface area contributed by atoms with Crippen LogP contribution >= 0.6 is 11.6 Å². The molecule has 28 heavy (non-hydrogen) atoms. The zero-order valence-electron chi connectivity index (χ0n) is 15.3. The van der Waals surface area contributed by atoms with Crippen LogP contribution in [0.25, 0.3) is 10.8 Å². The van der Waals surface area contributed by atoms with Gasteiger partial charge in [0.1, 0.15) is 0 Å². The molecule has 0 bridgehead atoms. The van der Waals surface area contributed by atoms with Crippen LogP contribution < -0.4 is 10.0 Å². The summed E-state index contributed by atoms with van der Waals surface area (Å²) in [5, 5.41) is 4.20. The molecule has 1 aromatic heterocycles. The second-order valence-corrected chi connectivity index (χ2v) is 8.47. The molecule has 0 aliphatic carbocycles. The number of aromatic nitrogens is 1. The van der Waals surface area contributed by atoms with Crippen molar-refractivity contribution in [2.24, 2.45) is 0 Å². The molecule has 0 fully saturated rings. The maximum Gasteiger partial charge on any atom is 0.241 e. The van der Waals surface area contributed by atoms with Crippen molar-refractivity contribution in [2.75, 3.05) is 26.2 Å². The van der Waals surface area contributed by atoms with Crippen molar-refractivity contribution in [1.82, 2.24) is 9.71 Å². The minimum Gasteiger partial charge on any atom is -0.371 e. The number of quaternary nitrogens is 1. The lowest BCUT2D eigenvalue weighted by molar-refractivity contribution is -0.654. The van der Waals surface area contributed by atoms with E-state index >= 15 is 0 Å². The predicted molar refractivity (Wildman–Crippen MR) is 110 cm³/mol. The number of rotatable bonds is 10. The zero-order chi connectivity index (χ0) is 19.8. The van der Waals surface area contributed by atoms with Gasteiger partial charge in [-0.3, -0.25) is 4.98 Å². The van der Waals surface area contributed by atoms with E-state index in [0.29, 0.717) is 36.7 Å². The van der Waals surface area contributed by atoms with Gasteiger partial charge in [-0.15, -0.1) is 0 Å². The molecule has 0 aliphatic heterocycles. The summed E-state index contributed by atoms with van der Waals surface area (Å²) < 4.78 is 33.4. The zero-order valence-corrected chi connectivity index (χ0v) is 16.9. The number of nitrogens with one attached hydrogen (secondary N) is 1. The fraction of sp³-hybridized carbons (Fsp3) is 0.250. The number of hydrogen-bond donors (Lipinski definition) is 2. The van der Waals surface area contributed by atoms with Crippen LogP contribution in [-0.2, 0) is 21.4 Å². The molecule has 0 aliphatic rings. The molecule has 0 spiro atoms. The quantitative estimate of drug-likeness (QED) is 0.491. The molecular formula is C20H23ClN3O3S+. The molecule has 2 aromatic carbocycles. The smallest absolute Gasteiger partial charge is 0.241 e. The van der Waals surface area contributed by atoms with E-state index in [0.717, 1.165) is 17.5 Å². The molecule has 8 heteroatoms. The Morgan fingerprint density at radius 3 is 2.71 bits per heavy atom. The van der Waals surface area contributed by atoms with Crippen LogP contribution in [0.5, 0.6) is 0 Å². The van der Waals surface area contributed by atoms with Crippen LogP contribution in [0.3, 0.4) is 0 Å². The lowest BCUT2D eigenvalue weighted by Crippen LogP contribution is -2.86. The van der Waals surface area contributed by atoms with Gasteiger partial charge in [-0.2, -0.15) is 0 Å². The molecule has 0 unspecified atom stereocenters. The summed E-state index contributed by atoms with van der Waals surface area (Å²) in [6.07, 6.45) is 3.26. The van der Waals surface area contributed by atoms with Gasteiger partial charge in [-0.05, 0) is 29.8 Å². The third-order valence-electron chi connectivity index (χ3n) is 4.22. The van der Waals surface area contributed by atoms with Gasteiger partial charge in [0.25, 0.3) is 0 Å². The van der Waals surface area contributed by atoms with Gasteiger partial charge in [0.15, 0.2) is 0 Å². The summed E-state index contributed by atoms with van der Waals surface area (Å²) in [6.45, 7) is 2.87. The normalized spacial score (nSPS) is 11.8. The predicted octanol–water partition coefficient (Wildman–Crippen LogP) is 1.95. The summed E-state index contributed by atoms with van der Waals surface area (Å²) in [7, 11) is -3.56. The fourth-order valence-electron chi connectivity index (χ4n) is 2.78. The molecule has 6 nitrogen and oxygen atoms in total. The lowest BCUT2D eigenvalue weighted by atomic mass is 10.2. The second kappa shape index (κ2) is 9.95. The topological polar surface area (TPSA) is 84.9 Å². The first-order chi connectivity index (χ1) is 13.6. The van der Waals surface area contributed by atoms with Crippen LogP contribution in [0, 0.1) is 0 Å². The van der Waals surface area contributed by atoms with Crippen LogP contribution in [0.15, 0.2) is 65.8 Å². The summed E-state index contributed by atoms with van der Waals surface area (Å²) in [6, 6.07) is 14.4. The number of sulfonamides is 1. The van der Waals surface area contributed by atoms with Crippen LogP contribution in [-0.4, -0.2) is 39.6 Å². The number of fused-ring (bicyclic) bond motifs is 1. The van der Waals surface area contributed by atoms with Gasteiger partial charge in [0.2, 0.25) is 10.0 Å². The summed E-state index contributed by atoms with van der Waals surface area (Å²) in [5.74, 6) is 0. The van der Waals surface area contributed by atoms with Crippen molar-refractivity contribution >= 4 is 32.4 Å². The largest absolute Gasteiger partial charge is 0.371 e. The fourth-order valence-corrected chi connectivity index (χ4v) is 4.18.